The molecule has 0 aromatic heterocycles. The van der Waals surface area contributed by atoms with Gasteiger partial charge >= 0.3 is 0 Å². The first-order valence-corrected chi connectivity index (χ1v) is 8.26. The second kappa shape index (κ2) is 11.9. The lowest BCUT2D eigenvalue weighted by Crippen LogP contribution is -2.33. The Bertz CT molecular complexity index is 295. The molecule has 0 atom stereocenters. The van der Waals surface area contributed by atoms with Crippen molar-refractivity contribution in [3.8, 4) is 0 Å². The van der Waals surface area contributed by atoms with Crippen LogP contribution < -0.4 is 0 Å². The molecule has 0 N–H and O–H groups in total. The average Bonchev–Trinajstić information content (AvgIpc) is 2.60. The van der Waals surface area contributed by atoms with Crippen LogP contribution in [0, 0.1) is 5.92 Å². The standard InChI is InChI=1S/C7H9NO3.C4H10S.C4H10/c1-5(9)4-8-6(10)2-3-7(8)11;1-4(2)5-3;1-4(2)3/h2-4H2,1H3;4H,1-3H3;4H,1-3H3. The summed E-state index contributed by atoms with van der Waals surface area (Å²) in [4.78, 5) is 33.3. The van der Waals surface area contributed by atoms with Gasteiger partial charge in [0.05, 0.1) is 6.54 Å². The molecular formula is C15H29NO3S. The quantitative estimate of drug-likeness (QED) is 0.752. The largest absolute Gasteiger partial charge is 0.298 e. The van der Waals surface area contributed by atoms with Crippen LogP contribution in [0.3, 0.4) is 0 Å². The summed E-state index contributed by atoms with van der Waals surface area (Å²) in [6, 6.07) is 0. The normalized spacial score (nSPS) is 13.9. The molecule has 1 saturated heterocycles. The number of hydrogen-bond acceptors (Lipinski definition) is 4. The smallest absolute Gasteiger partial charge is 0.230 e. The number of hydrogen-bond donors (Lipinski definition) is 0. The maximum absolute atomic E-state index is 10.9. The number of nitrogens with zero attached hydrogens (tertiary/aromatic N) is 1. The average molecular weight is 303 g/mol. The third kappa shape index (κ3) is 13.6. The molecule has 0 radical (unpaired) electrons. The van der Waals surface area contributed by atoms with Crippen molar-refractivity contribution in [2.24, 2.45) is 5.92 Å². The highest BCUT2D eigenvalue weighted by molar-refractivity contribution is 7.99. The van der Waals surface area contributed by atoms with E-state index >= 15 is 0 Å². The molecule has 0 spiro atoms. The van der Waals surface area contributed by atoms with Crippen molar-refractivity contribution in [1.82, 2.24) is 4.90 Å². The van der Waals surface area contributed by atoms with Crippen molar-refractivity contribution in [2.75, 3.05) is 12.8 Å². The van der Waals surface area contributed by atoms with Gasteiger partial charge in [0, 0.05) is 12.8 Å². The molecule has 5 heteroatoms. The molecule has 1 heterocycles. The second-order valence-corrected chi connectivity index (χ2v) is 7.01. The van der Waals surface area contributed by atoms with E-state index in [-0.39, 0.29) is 37.0 Å². The number of thioether (sulfide) groups is 1. The van der Waals surface area contributed by atoms with Gasteiger partial charge in [-0.05, 0) is 24.3 Å². The van der Waals surface area contributed by atoms with Gasteiger partial charge in [0.15, 0.2) is 0 Å². The zero-order valence-electron chi connectivity index (χ0n) is 13.9. The lowest BCUT2D eigenvalue weighted by Gasteiger charge is -2.09. The van der Waals surface area contributed by atoms with Crippen LogP contribution in [0.4, 0.5) is 0 Å². The topological polar surface area (TPSA) is 54.5 Å². The Labute approximate surface area is 127 Å². The van der Waals surface area contributed by atoms with Gasteiger partial charge in [-0.1, -0.05) is 34.6 Å². The van der Waals surface area contributed by atoms with Gasteiger partial charge in [-0.2, -0.15) is 11.8 Å². The predicted molar refractivity (Wildman–Crippen MR) is 85.8 cm³/mol. The molecule has 1 aliphatic heterocycles. The summed E-state index contributed by atoms with van der Waals surface area (Å²) in [6.45, 7) is 12.2. The van der Waals surface area contributed by atoms with Crippen LogP contribution in [0.5, 0.6) is 0 Å². The van der Waals surface area contributed by atoms with E-state index in [4.69, 9.17) is 0 Å². The molecule has 0 unspecified atom stereocenters. The van der Waals surface area contributed by atoms with E-state index in [9.17, 15) is 14.4 Å². The van der Waals surface area contributed by atoms with Crippen LogP contribution in [-0.2, 0) is 14.4 Å². The van der Waals surface area contributed by atoms with Gasteiger partial charge in [0.2, 0.25) is 11.8 Å². The Morgan fingerprint density at radius 2 is 1.40 bits per heavy atom. The molecule has 0 aromatic carbocycles. The molecule has 4 nitrogen and oxygen atoms in total. The van der Waals surface area contributed by atoms with E-state index in [1.165, 1.54) is 6.92 Å². The first-order chi connectivity index (χ1) is 9.11. The van der Waals surface area contributed by atoms with E-state index in [0.717, 1.165) is 16.1 Å². The summed E-state index contributed by atoms with van der Waals surface area (Å²) in [5, 5.41) is 0.801. The molecule has 2 amide bonds. The second-order valence-electron chi connectivity index (χ2n) is 5.59. The van der Waals surface area contributed by atoms with Crippen LogP contribution in [-0.4, -0.2) is 40.5 Å². The minimum atomic E-state index is -0.231. The molecule has 0 saturated carbocycles. The Morgan fingerprint density at radius 1 is 1.10 bits per heavy atom. The monoisotopic (exact) mass is 303 g/mol. The van der Waals surface area contributed by atoms with E-state index < -0.39 is 0 Å². The van der Waals surface area contributed by atoms with E-state index in [1.54, 1.807) is 0 Å². The van der Waals surface area contributed by atoms with Gasteiger partial charge in [0.25, 0.3) is 0 Å². The van der Waals surface area contributed by atoms with Gasteiger partial charge in [-0.3, -0.25) is 19.3 Å². The Hall–Kier alpha value is -0.840. The number of Topliss-reactive ketones (excluding diaryl/α,β-unsaturated/α-hetero) is 1. The molecule has 1 rings (SSSR count). The van der Waals surface area contributed by atoms with Crippen LogP contribution >= 0.6 is 11.8 Å². The number of amides is 2. The number of imide groups is 1. The van der Waals surface area contributed by atoms with Crippen molar-refractivity contribution in [1.29, 1.82) is 0 Å². The SMILES string of the molecule is CC(=O)CN1C(=O)CCC1=O.CC(C)C.CSC(C)C. The van der Waals surface area contributed by atoms with Crippen molar-refractivity contribution >= 4 is 29.4 Å². The zero-order valence-corrected chi connectivity index (χ0v) is 14.7. The molecule has 20 heavy (non-hydrogen) atoms. The van der Waals surface area contributed by atoms with E-state index in [2.05, 4.69) is 40.9 Å². The number of likely N-dealkylation sites (tertiary alicyclic amines) is 1. The molecule has 0 aromatic rings. The first kappa shape index (κ1) is 21.5. The summed E-state index contributed by atoms with van der Waals surface area (Å²) in [5.74, 6) is 0.212. The lowest BCUT2D eigenvalue weighted by molar-refractivity contribution is -0.141. The third-order valence-corrected chi connectivity index (χ3v) is 2.95. The fourth-order valence-corrected chi connectivity index (χ4v) is 1.02. The summed E-state index contributed by atoms with van der Waals surface area (Å²) < 4.78 is 0. The Balaban J connectivity index is 0. The van der Waals surface area contributed by atoms with Gasteiger partial charge in [0.1, 0.15) is 5.78 Å². The maximum Gasteiger partial charge on any atom is 0.230 e. The Kier molecular flexibility index (Phi) is 12.8. The fourth-order valence-electron chi connectivity index (χ4n) is 1.02. The highest BCUT2D eigenvalue weighted by Crippen LogP contribution is 2.10. The van der Waals surface area contributed by atoms with Crippen LogP contribution in [0.1, 0.15) is 54.4 Å². The molecular weight excluding hydrogens is 274 g/mol. The number of carbonyl (C=O) groups is 3. The van der Waals surface area contributed by atoms with Crippen molar-refractivity contribution < 1.29 is 14.4 Å². The van der Waals surface area contributed by atoms with Crippen LogP contribution in [0.15, 0.2) is 0 Å². The summed E-state index contributed by atoms with van der Waals surface area (Å²) in [6.07, 6.45) is 2.63. The van der Waals surface area contributed by atoms with Gasteiger partial charge < -0.3 is 0 Å². The fraction of sp³-hybridized carbons (Fsp3) is 0.800. The third-order valence-electron chi connectivity index (χ3n) is 2.01. The van der Waals surface area contributed by atoms with Gasteiger partial charge in [-0.25, -0.2) is 0 Å². The van der Waals surface area contributed by atoms with Crippen molar-refractivity contribution in [3.63, 3.8) is 0 Å². The Morgan fingerprint density at radius 3 is 1.60 bits per heavy atom. The highest BCUT2D eigenvalue weighted by atomic mass is 32.2. The minimum Gasteiger partial charge on any atom is -0.298 e. The van der Waals surface area contributed by atoms with Crippen LogP contribution in [0.2, 0.25) is 0 Å². The zero-order chi connectivity index (χ0) is 16.3. The van der Waals surface area contributed by atoms with Crippen LogP contribution in [0.25, 0.3) is 0 Å². The summed E-state index contributed by atoms with van der Waals surface area (Å²) in [5.41, 5.74) is 0. The number of rotatable bonds is 3. The number of carbonyl (C=O) groups excluding carboxylic acids is 3. The number of ketones is 1. The van der Waals surface area contributed by atoms with E-state index in [0.29, 0.717) is 0 Å². The summed E-state index contributed by atoms with van der Waals surface area (Å²) >= 11 is 1.88. The molecule has 0 aliphatic carbocycles. The molecule has 118 valence electrons. The highest BCUT2D eigenvalue weighted by Gasteiger charge is 2.29. The predicted octanol–water partition coefficient (Wildman–Crippen LogP) is 3.14. The van der Waals surface area contributed by atoms with Crippen molar-refractivity contribution in [3.05, 3.63) is 0 Å². The summed E-state index contributed by atoms with van der Waals surface area (Å²) in [7, 11) is 0. The first-order valence-electron chi connectivity index (χ1n) is 6.97. The van der Waals surface area contributed by atoms with Crippen molar-refractivity contribution in [2.45, 2.75) is 59.6 Å². The maximum atomic E-state index is 10.9. The van der Waals surface area contributed by atoms with E-state index in [1.807, 2.05) is 11.8 Å². The molecule has 0 bridgehead atoms. The molecule has 1 fully saturated rings. The lowest BCUT2D eigenvalue weighted by atomic mass is 10.3. The molecule has 1 aliphatic rings. The minimum absolute atomic E-state index is 0.0579. The van der Waals surface area contributed by atoms with Gasteiger partial charge in [-0.15, -0.1) is 0 Å².